The molecular formula is C17H20N2O3. The van der Waals surface area contributed by atoms with Crippen LogP contribution >= 0.6 is 0 Å². The minimum atomic E-state index is -0.485. The highest BCUT2D eigenvalue weighted by Crippen LogP contribution is 2.17. The summed E-state index contributed by atoms with van der Waals surface area (Å²) < 4.78 is 10.6. The molecule has 0 saturated carbocycles. The van der Waals surface area contributed by atoms with E-state index in [-0.39, 0.29) is 6.61 Å². The van der Waals surface area contributed by atoms with Crippen molar-refractivity contribution < 1.29 is 14.3 Å². The Morgan fingerprint density at radius 2 is 1.59 bits per heavy atom. The fourth-order valence-electron chi connectivity index (χ4n) is 1.90. The van der Waals surface area contributed by atoms with Gasteiger partial charge in [0.25, 0.3) is 5.91 Å². The molecule has 0 bridgehead atoms. The molecule has 2 rings (SSSR count). The summed E-state index contributed by atoms with van der Waals surface area (Å²) >= 11 is 0. The molecule has 0 unspecified atom stereocenters. The van der Waals surface area contributed by atoms with Crippen molar-refractivity contribution in [2.45, 2.75) is 13.5 Å². The fourth-order valence-corrected chi connectivity index (χ4v) is 1.90. The van der Waals surface area contributed by atoms with Crippen LogP contribution in [0.4, 0.5) is 5.69 Å². The smallest absolute Gasteiger partial charge is 0.255 e. The lowest BCUT2D eigenvalue weighted by atomic mass is 10.2. The van der Waals surface area contributed by atoms with Crippen LogP contribution in [0, 0.1) is 0 Å². The molecule has 2 aromatic carbocycles. The number of benzene rings is 2. The Balaban J connectivity index is 1.84. The van der Waals surface area contributed by atoms with Crippen LogP contribution in [0.1, 0.15) is 12.5 Å². The molecule has 0 aliphatic carbocycles. The molecule has 2 aromatic rings. The van der Waals surface area contributed by atoms with E-state index in [4.69, 9.17) is 15.2 Å². The molecule has 0 heterocycles. The van der Waals surface area contributed by atoms with Gasteiger partial charge in [-0.15, -0.1) is 0 Å². The Labute approximate surface area is 130 Å². The number of hydrogen-bond donors (Lipinski definition) is 2. The maximum Gasteiger partial charge on any atom is 0.255 e. The lowest BCUT2D eigenvalue weighted by Gasteiger charge is -2.09. The van der Waals surface area contributed by atoms with Gasteiger partial charge in [-0.2, -0.15) is 0 Å². The maximum absolute atomic E-state index is 10.6. The van der Waals surface area contributed by atoms with Gasteiger partial charge in [0, 0.05) is 12.2 Å². The van der Waals surface area contributed by atoms with Gasteiger partial charge < -0.3 is 20.5 Å². The number of carbonyl (C=O) groups excluding carboxylic acids is 1. The second-order valence-corrected chi connectivity index (χ2v) is 4.71. The van der Waals surface area contributed by atoms with Crippen LogP contribution in [0.2, 0.25) is 0 Å². The molecule has 0 radical (unpaired) electrons. The zero-order valence-corrected chi connectivity index (χ0v) is 12.5. The first kappa shape index (κ1) is 15.7. The van der Waals surface area contributed by atoms with E-state index in [2.05, 4.69) is 5.32 Å². The lowest BCUT2D eigenvalue weighted by Crippen LogP contribution is -2.19. The number of ether oxygens (including phenoxy) is 2. The van der Waals surface area contributed by atoms with Gasteiger partial charge in [-0.1, -0.05) is 12.1 Å². The van der Waals surface area contributed by atoms with E-state index >= 15 is 0 Å². The van der Waals surface area contributed by atoms with Crippen LogP contribution in [0.15, 0.2) is 48.5 Å². The van der Waals surface area contributed by atoms with Crippen LogP contribution in [-0.2, 0) is 11.3 Å². The molecule has 116 valence electrons. The van der Waals surface area contributed by atoms with Gasteiger partial charge in [0.1, 0.15) is 11.5 Å². The SMILES string of the molecule is CCOc1ccc(NCc2ccc(OCC(N)=O)cc2)cc1. The van der Waals surface area contributed by atoms with Gasteiger partial charge >= 0.3 is 0 Å². The zero-order valence-electron chi connectivity index (χ0n) is 12.5. The summed E-state index contributed by atoms with van der Waals surface area (Å²) in [4.78, 5) is 10.6. The van der Waals surface area contributed by atoms with Crippen molar-refractivity contribution in [2.75, 3.05) is 18.5 Å². The number of rotatable bonds is 8. The quantitative estimate of drug-likeness (QED) is 0.786. The van der Waals surface area contributed by atoms with E-state index in [1.165, 1.54) is 0 Å². The number of hydrogen-bond acceptors (Lipinski definition) is 4. The Hall–Kier alpha value is -2.69. The van der Waals surface area contributed by atoms with Crippen LogP contribution in [0.25, 0.3) is 0 Å². The van der Waals surface area contributed by atoms with Gasteiger partial charge in [-0.25, -0.2) is 0 Å². The third-order valence-corrected chi connectivity index (χ3v) is 2.97. The molecule has 0 aliphatic rings. The fraction of sp³-hybridized carbons (Fsp3) is 0.235. The Bertz CT molecular complexity index is 594. The molecule has 0 aromatic heterocycles. The van der Waals surface area contributed by atoms with E-state index < -0.39 is 5.91 Å². The number of carbonyl (C=O) groups is 1. The monoisotopic (exact) mass is 300 g/mol. The molecule has 0 saturated heterocycles. The molecule has 22 heavy (non-hydrogen) atoms. The van der Waals surface area contributed by atoms with Crippen molar-refractivity contribution in [3.8, 4) is 11.5 Å². The first-order chi connectivity index (χ1) is 10.7. The topological polar surface area (TPSA) is 73.6 Å². The number of primary amides is 1. The van der Waals surface area contributed by atoms with Gasteiger partial charge in [-0.3, -0.25) is 4.79 Å². The van der Waals surface area contributed by atoms with Crippen LogP contribution in [0.5, 0.6) is 11.5 Å². The summed E-state index contributed by atoms with van der Waals surface area (Å²) in [6, 6.07) is 15.4. The molecular weight excluding hydrogens is 280 g/mol. The van der Waals surface area contributed by atoms with Crippen LogP contribution in [0.3, 0.4) is 0 Å². The predicted molar refractivity (Wildman–Crippen MR) is 86.1 cm³/mol. The minimum Gasteiger partial charge on any atom is -0.494 e. The molecule has 0 fully saturated rings. The summed E-state index contributed by atoms with van der Waals surface area (Å²) in [7, 11) is 0. The molecule has 5 heteroatoms. The molecule has 3 N–H and O–H groups in total. The van der Waals surface area contributed by atoms with E-state index in [1.54, 1.807) is 0 Å². The highest BCUT2D eigenvalue weighted by atomic mass is 16.5. The van der Waals surface area contributed by atoms with Crippen molar-refractivity contribution in [1.82, 2.24) is 0 Å². The average Bonchev–Trinajstić information content (AvgIpc) is 2.53. The van der Waals surface area contributed by atoms with Crippen molar-refractivity contribution in [1.29, 1.82) is 0 Å². The zero-order chi connectivity index (χ0) is 15.8. The highest BCUT2D eigenvalue weighted by molar-refractivity contribution is 5.75. The van der Waals surface area contributed by atoms with E-state index in [1.807, 2.05) is 55.5 Å². The third-order valence-electron chi connectivity index (χ3n) is 2.97. The van der Waals surface area contributed by atoms with Gasteiger partial charge in [0.15, 0.2) is 6.61 Å². The molecule has 0 aliphatic heterocycles. The van der Waals surface area contributed by atoms with E-state index in [0.29, 0.717) is 18.9 Å². The van der Waals surface area contributed by atoms with E-state index in [0.717, 1.165) is 17.0 Å². The number of nitrogens with one attached hydrogen (secondary N) is 1. The Morgan fingerprint density at radius 1 is 1.00 bits per heavy atom. The summed E-state index contributed by atoms with van der Waals surface area (Å²) in [5.41, 5.74) is 7.17. The first-order valence-corrected chi connectivity index (χ1v) is 7.14. The van der Waals surface area contributed by atoms with Crippen molar-refractivity contribution in [3.05, 3.63) is 54.1 Å². The number of nitrogens with two attached hydrogens (primary N) is 1. The summed E-state index contributed by atoms with van der Waals surface area (Å²) in [5, 5.41) is 3.33. The maximum atomic E-state index is 10.6. The molecule has 0 spiro atoms. The normalized spacial score (nSPS) is 10.0. The third kappa shape index (κ3) is 5.01. The summed E-state index contributed by atoms with van der Waals surface area (Å²) in [6.45, 7) is 3.22. The second kappa shape index (κ2) is 7.93. The summed E-state index contributed by atoms with van der Waals surface area (Å²) in [5.74, 6) is 1.01. The molecule has 5 nitrogen and oxygen atoms in total. The Kier molecular flexibility index (Phi) is 5.65. The number of anilines is 1. The van der Waals surface area contributed by atoms with Crippen molar-refractivity contribution >= 4 is 11.6 Å². The van der Waals surface area contributed by atoms with Crippen LogP contribution in [-0.4, -0.2) is 19.1 Å². The van der Waals surface area contributed by atoms with E-state index in [9.17, 15) is 4.79 Å². The first-order valence-electron chi connectivity index (χ1n) is 7.14. The van der Waals surface area contributed by atoms with Crippen molar-refractivity contribution in [3.63, 3.8) is 0 Å². The van der Waals surface area contributed by atoms with Gasteiger partial charge in [-0.05, 0) is 48.9 Å². The molecule has 0 atom stereocenters. The number of amides is 1. The lowest BCUT2D eigenvalue weighted by molar-refractivity contribution is -0.119. The van der Waals surface area contributed by atoms with Crippen LogP contribution < -0.4 is 20.5 Å². The minimum absolute atomic E-state index is 0.107. The van der Waals surface area contributed by atoms with Crippen molar-refractivity contribution in [2.24, 2.45) is 5.73 Å². The molecule has 1 amide bonds. The van der Waals surface area contributed by atoms with Gasteiger partial charge in [0.2, 0.25) is 0 Å². The highest BCUT2D eigenvalue weighted by Gasteiger charge is 1.99. The largest absolute Gasteiger partial charge is 0.494 e. The summed E-state index contributed by atoms with van der Waals surface area (Å²) in [6.07, 6.45) is 0. The Morgan fingerprint density at radius 3 is 2.18 bits per heavy atom. The second-order valence-electron chi connectivity index (χ2n) is 4.71. The van der Waals surface area contributed by atoms with Gasteiger partial charge in [0.05, 0.1) is 6.61 Å². The standard InChI is InChI=1S/C17H20N2O3/c1-2-21-15-9-5-14(6-10-15)19-11-13-3-7-16(8-4-13)22-12-17(18)20/h3-10,19H,2,11-12H2,1H3,(H2,18,20). The predicted octanol–water partition coefficient (Wildman–Crippen LogP) is 2.56. The average molecular weight is 300 g/mol.